The Kier molecular flexibility index (Phi) is 3.96. The molecule has 0 bridgehead atoms. The van der Waals surface area contributed by atoms with E-state index in [0.717, 1.165) is 17.8 Å². The molecule has 6 heteroatoms. The number of hydrogen-bond donors (Lipinski definition) is 2. The van der Waals surface area contributed by atoms with Crippen LogP contribution in [0.4, 0.5) is 10.7 Å². The van der Waals surface area contributed by atoms with Crippen LogP contribution in [0.3, 0.4) is 0 Å². The summed E-state index contributed by atoms with van der Waals surface area (Å²) in [6.45, 7) is 0. The molecule has 0 amide bonds. The lowest BCUT2D eigenvalue weighted by Gasteiger charge is -2.12. The van der Waals surface area contributed by atoms with Crippen LogP contribution in [-0.4, -0.2) is 26.2 Å². The molecule has 1 aliphatic rings. The monoisotopic (exact) mass is 270 g/mol. The van der Waals surface area contributed by atoms with Crippen molar-refractivity contribution < 1.29 is 14.3 Å². The molecule has 0 aliphatic heterocycles. The van der Waals surface area contributed by atoms with Crippen LogP contribution in [0, 0.1) is 0 Å². The van der Waals surface area contributed by atoms with E-state index in [4.69, 9.17) is 15.2 Å². The largest absolute Gasteiger partial charge is 0.492 e. The molecule has 0 saturated heterocycles. The van der Waals surface area contributed by atoms with Gasteiger partial charge in [-0.25, -0.2) is 4.79 Å². The zero-order chi connectivity index (χ0) is 13.1. The SMILES string of the molecule is COC(=O)c1sc(NC2CCCC2)c(OC)c1N. The van der Waals surface area contributed by atoms with Crippen LogP contribution < -0.4 is 15.8 Å². The molecule has 1 aliphatic carbocycles. The number of thiophene rings is 1. The van der Waals surface area contributed by atoms with Gasteiger partial charge in [-0.3, -0.25) is 0 Å². The van der Waals surface area contributed by atoms with E-state index in [-0.39, 0.29) is 0 Å². The Morgan fingerprint density at radius 3 is 2.61 bits per heavy atom. The topological polar surface area (TPSA) is 73.6 Å². The van der Waals surface area contributed by atoms with Crippen LogP contribution in [0.15, 0.2) is 0 Å². The van der Waals surface area contributed by atoms with E-state index in [1.165, 1.54) is 31.3 Å². The first-order valence-electron chi connectivity index (χ1n) is 5.98. The van der Waals surface area contributed by atoms with E-state index in [2.05, 4.69) is 5.32 Å². The highest BCUT2D eigenvalue weighted by atomic mass is 32.1. The van der Waals surface area contributed by atoms with Crippen LogP contribution >= 0.6 is 11.3 Å². The molecule has 1 fully saturated rings. The van der Waals surface area contributed by atoms with Crippen LogP contribution in [0.1, 0.15) is 35.4 Å². The van der Waals surface area contributed by atoms with E-state index < -0.39 is 5.97 Å². The Balaban J connectivity index is 2.25. The molecule has 5 nitrogen and oxygen atoms in total. The van der Waals surface area contributed by atoms with Gasteiger partial charge in [0.2, 0.25) is 0 Å². The van der Waals surface area contributed by atoms with Gasteiger partial charge in [-0.1, -0.05) is 12.8 Å². The van der Waals surface area contributed by atoms with E-state index in [9.17, 15) is 4.79 Å². The van der Waals surface area contributed by atoms with Crippen molar-refractivity contribution in [1.82, 2.24) is 0 Å². The summed E-state index contributed by atoms with van der Waals surface area (Å²) in [6.07, 6.45) is 4.78. The predicted octanol–water partition coefficient (Wildman–Crippen LogP) is 2.48. The maximum absolute atomic E-state index is 11.6. The molecule has 0 aromatic carbocycles. The van der Waals surface area contributed by atoms with Crippen molar-refractivity contribution in [3.63, 3.8) is 0 Å². The highest BCUT2D eigenvalue weighted by Crippen LogP contribution is 2.43. The van der Waals surface area contributed by atoms with Crippen molar-refractivity contribution in [3.8, 4) is 5.75 Å². The lowest BCUT2D eigenvalue weighted by molar-refractivity contribution is 0.0607. The average molecular weight is 270 g/mol. The van der Waals surface area contributed by atoms with Gasteiger partial charge in [0.15, 0.2) is 5.75 Å². The summed E-state index contributed by atoms with van der Waals surface area (Å²) in [5.74, 6) is 0.127. The smallest absolute Gasteiger partial charge is 0.350 e. The molecule has 1 heterocycles. The van der Waals surface area contributed by atoms with Crippen molar-refractivity contribution >= 4 is 28.0 Å². The molecule has 0 unspecified atom stereocenters. The zero-order valence-corrected chi connectivity index (χ0v) is 11.4. The minimum atomic E-state index is -0.421. The van der Waals surface area contributed by atoms with Crippen molar-refractivity contribution in [2.75, 3.05) is 25.3 Å². The van der Waals surface area contributed by atoms with Gasteiger partial charge < -0.3 is 20.5 Å². The van der Waals surface area contributed by atoms with E-state index in [0.29, 0.717) is 22.4 Å². The van der Waals surface area contributed by atoms with Crippen molar-refractivity contribution in [1.29, 1.82) is 0 Å². The highest BCUT2D eigenvalue weighted by molar-refractivity contribution is 7.19. The first kappa shape index (κ1) is 13.0. The number of esters is 1. The maximum Gasteiger partial charge on any atom is 0.350 e. The second kappa shape index (κ2) is 5.48. The number of methoxy groups -OCH3 is 2. The first-order valence-corrected chi connectivity index (χ1v) is 6.80. The minimum Gasteiger partial charge on any atom is -0.492 e. The van der Waals surface area contributed by atoms with Crippen LogP contribution in [0.25, 0.3) is 0 Å². The van der Waals surface area contributed by atoms with E-state index in [1.54, 1.807) is 7.11 Å². The number of nitrogens with two attached hydrogens (primary N) is 1. The zero-order valence-electron chi connectivity index (χ0n) is 10.6. The van der Waals surface area contributed by atoms with Gasteiger partial charge in [0.05, 0.1) is 14.2 Å². The third-order valence-electron chi connectivity index (χ3n) is 3.16. The number of anilines is 2. The normalized spacial score (nSPS) is 15.7. The fourth-order valence-corrected chi connectivity index (χ4v) is 3.31. The lowest BCUT2D eigenvalue weighted by atomic mass is 10.2. The van der Waals surface area contributed by atoms with Crippen molar-refractivity contribution in [2.45, 2.75) is 31.7 Å². The Morgan fingerprint density at radius 1 is 1.39 bits per heavy atom. The predicted molar refractivity (Wildman–Crippen MR) is 72.5 cm³/mol. The van der Waals surface area contributed by atoms with Crippen LogP contribution in [0.2, 0.25) is 0 Å². The second-order valence-electron chi connectivity index (χ2n) is 4.32. The van der Waals surface area contributed by atoms with Gasteiger partial charge in [0, 0.05) is 6.04 Å². The second-order valence-corrected chi connectivity index (χ2v) is 5.35. The molecule has 1 saturated carbocycles. The molecule has 0 atom stereocenters. The van der Waals surface area contributed by atoms with Gasteiger partial charge in [0.25, 0.3) is 0 Å². The Morgan fingerprint density at radius 2 is 2.06 bits per heavy atom. The average Bonchev–Trinajstić information content (AvgIpc) is 2.97. The lowest BCUT2D eigenvalue weighted by Crippen LogP contribution is -2.13. The summed E-state index contributed by atoms with van der Waals surface area (Å²) in [6, 6.07) is 0.447. The quantitative estimate of drug-likeness (QED) is 0.822. The molecule has 1 aromatic rings. The standard InChI is InChI=1S/C12H18N2O3S/c1-16-9-8(13)10(12(15)17-2)18-11(9)14-7-5-3-4-6-7/h7,14H,3-6,13H2,1-2H3. The molecule has 18 heavy (non-hydrogen) atoms. The van der Waals surface area contributed by atoms with Crippen molar-refractivity contribution in [3.05, 3.63) is 4.88 Å². The highest BCUT2D eigenvalue weighted by Gasteiger charge is 2.24. The molecule has 0 spiro atoms. The molecule has 2 rings (SSSR count). The first-order chi connectivity index (χ1) is 8.67. The summed E-state index contributed by atoms with van der Waals surface area (Å²) in [7, 11) is 2.90. The summed E-state index contributed by atoms with van der Waals surface area (Å²) in [5, 5.41) is 4.23. The van der Waals surface area contributed by atoms with E-state index >= 15 is 0 Å². The Bertz CT molecular complexity index is 439. The van der Waals surface area contributed by atoms with Gasteiger partial charge in [-0.2, -0.15) is 0 Å². The van der Waals surface area contributed by atoms with Crippen LogP contribution in [0.5, 0.6) is 5.75 Å². The number of nitrogen functional groups attached to an aromatic ring is 1. The molecular formula is C12H18N2O3S. The number of hydrogen-bond acceptors (Lipinski definition) is 6. The number of ether oxygens (including phenoxy) is 2. The van der Waals surface area contributed by atoms with Gasteiger partial charge in [-0.05, 0) is 12.8 Å². The summed E-state index contributed by atoms with van der Waals surface area (Å²) < 4.78 is 9.98. The molecule has 3 N–H and O–H groups in total. The molecule has 1 aromatic heterocycles. The molecule has 0 radical (unpaired) electrons. The van der Waals surface area contributed by atoms with Gasteiger partial charge in [-0.15, -0.1) is 11.3 Å². The number of nitrogens with one attached hydrogen (secondary N) is 1. The third kappa shape index (κ3) is 2.38. The van der Waals surface area contributed by atoms with Gasteiger partial charge in [0.1, 0.15) is 15.6 Å². The number of carbonyl (C=O) groups is 1. The summed E-state index contributed by atoms with van der Waals surface area (Å²) in [4.78, 5) is 12.0. The van der Waals surface area contributed by atoms with Crippen molar-refractivity contribution in [2.24, 2.45) is 0 Å². The number of rotatable bonds is 4. The fourth-order valence-electron chi connectivity index (χ4n) is 2.23. The fraction of sp³-hybridized carbons (Fsp3) is 0.583. The third-order valence-corrected chi connectivity index (χ3v) is 4.26. The van der Waals surface area contributed by atoms with Gasteiger partial charge >= 0.3 is 5.97 Å². The molecule has 100 valence electrons. The van der Waals surface area contributed by atoms with E-state index in [1.807, 2.05) is 0 Å². The molecular weight excluding hydrogens is 252 g/mol. The summed E-state index contributed by atoms with van der Waals surface area (Å²) >= 11 is 1.29. The minimum absolute atomic E-state index is 0.356. The number of carbonyl (C=O) groups excluding carboxylic acids is 1. The maximum atomic E-state index is 11.6. The Labute approximate surface area is 110 Å². The van der Waals surface area contributed by atoms with Crippen LogP contribution in [-0.2, 0) is 4.74 Å². The summed E-state index contributed by atoms with van der Waals surface area (Å²) in [5.41, 5.74) is 6.27. The Hall–Kier alpha value is -1.43.